The van der Waals surface area contributed by atoms with Crippen LogP contribution in [0.3, 0.4) is 0 Å². The normalized spacial score (nSPS) is 15.9. The molecule has 4 heterocycles. The fourth-order valence-corrected chi connectivity index (χ4v) is 6.21. The first kappa shape index (κ1) is 23.6. The van der Waals surface area contributed by atoms with Gasteiger partial charge in [-0.2, -0.15) is 0 Å². The van der Waals surface area contributed by atoms with E-state index in [0.29, 0.717) is 29.6 Å². The molecule has 1 amide bonds. The van der Waals surface area contributed by atoms with Gasteiger partial charge in [0.1, 0.15) is 5.82 Å². The molecule has 9 heteroatoms. The summed E-state index contributed by atoms with van der Waals surface area (Å²) in [6, 6.07) is 17.5. The zero-order chi connectivity index (χ0) is 25.4. The number of carbonyl (C=O) groups excluding carboxylic acids is 1. The van der Waals surface area contributed by atoms with Crippen LogP contribution in [0.2, 0.25) is 0 Å². The molecule has 37 heavy (non-hydrogen) atoms. The number of rotatable bonds is 5. The molecular weight excluding hydrogens is 486 g/mol. The number of thiazole rings is 1. The van der Waals surface area contributed by atoms with Gasteiger partial charge in [-0.1, -0.05) is 41.7 Å². The maximum atomic E-state index is 13.3. The Bertz CT molecular complexity index is 1460. The van der Waals surface area contributed by atoms with E-state index in [-0.39, 0.29) is 17.5 Å². The van der Waals surface area contributed by atoms with Crippen LogP contribution in [0.4, 0.5) is 10.9 Å². The van der Waals surface area contributed by atoms with Gasteiger partial charge in [0, 0.05) is 18.7 Å². The van der Waals surface area contributed by atoms with Crippen molar-refractivity contribution in [3.05, 3.63) is 82.5 Å². The number of amides is 1. The minimum absolute atomic E-state index is 0.136. The van der Waals surface area contributed by atoms with Crippen LogP contribution in [0.5, 0.6) is 0 Å². The van der Waals surface area contributed by atoms with Gasteiger partial charge >= 0.3 is 5.97 Å². The largest absolute Gasteiger partial charge is 0.477 e. The maximum absolute atomic E-state index is 13.3. The number of nitrogens with one attached hydrogen (secondary N) is 2. The Kier molecular flexibility index (Phi) is 6.31. The number of aromatic nitrogens is 2. The van der Waals surface area contributed by atoms with Gasteiger partial charge in [0.2, 0.25) is 0 Å². The molecule has 2 aromatic carbocycles. The lowest BCUT2D eigenvalue weighted by atomic mass is 9.89. The first-order valence-corrected chi connectivity index (χ1v) is 13.4. The number of para-hydroxylation sites is 1. The van der Waals surface area contributed by atoms with Gasteiger partial charge in [-0.15, -0.1) is 0 Å². The Hall–Kier alpha value is -3.82. The van der Waals surface area contributed by atoms with E-state index in [1.165, 1.54) is 11.3 Å². The van der Waals surface area contributed by atoms with Gasteiger partial charge in [0.05, 0.1) is 10.2 Å². The van der Waals surface area contributed by atoms with Crippen molar-refractivity contribution in [1.29, 1.82) is 0 Å². The number of hydrogen-bond acceptors (Lipinski definition) is 7. The van der Waals surface area contributed by atoms with Gasteiger partial charge < -0.3 is 15.3 Å². The molecule has 0 bridgehead atoms. The number of fused-ring (bicyclic) bond motifs is 2. The van der Waals surface area contributed by atoms with Crippen molar-refractivity contribution in [3.8, 4) is 0 Å². The molecule has 188 valence electrons. The van der Waals surface area contributed by atoms with Crippen LogP contribution < -0.4 is 15.5 Å². The number of anilines is 2. The third kappa shape index (κ3) is 4.68. The molecule has 8 nitrogen and oxygen atoms in total. The minimum atomic E-state index is -0.997. The molecule has 4 aromatic rings. The number of piperidine rings is 1. The highest BCUT2D eigenvalue weighted by Gasteiger charge is 2.27. The van der Waals surface area contributed by atoms with Gasteiger partial charge in [0.15, 0.2) is 10.8 Å². The van der Waals surface area contributed by atoms with Crippen molar-refractivity contribution in [2.75, 3.05) is 29.9 Å². The fraction of sp³-hybridized carbons (Fsp3) is 0.286. The fourth-order valence-electron chi connectivity index (χ4n) is 5.35. The van der Waals surface area contributed by atoms with Crippen LogP contribution in [0.25, 0.3) is 10.2 Å². The quantitative estimate of drug-likeness (QED) is 0.356. The molecule has 0 atom stereocenters. The highest BCUT2D eigenvalue weighted by atomic mass is 32.1. The lowest BCUT2D eigenvalue weighted by Crippen LogP contribution is -2.33. The van der Waals surface area contributed by atoms with Gasteiger partial charge in [0.25, 0.3) is 5.91 Å². The summed E-state index contributed by atoms with van der Waals surface area (Å²) in [4.78, 5) is 36.6. The predicted molar refractivity (Wildman–Crippen MR) is 145 cm³/mol. The number of carbonyl (C=O) groups is 2. The average molecular weight is 514 g/mol. The van der Waals surface area contributed by atoms with Crippen LogP contribution in [-0.2, 0) is 13.0 Å². The summed E-state index contributed by atoms with van der Waals surface area (Å²) < 4.78 is 1.02. The zero-order valence-electron chi connectivity index (χ0n) is 20.2. The Morgan fingerprint density at radius 2 is 1.86 bits per heavy atom. The molecule has 0 saturated carbocycles. The first-order chi connectivity index (χ1) is 18.1. The number of aromatic carboxylic acids is 1. The Labute approximate surface area is 218 Å². The molecule has 2 aliphatic rings. The summed E-state index contributed by atoms with van der Waals surface area (Å²) in [5.74, 6) is -0.363. The number of benzene rings is 2. The summed E-state index contributed by atoms with van der Waals surface area (Å²) in [5, 5.41) is 16.8. The van der Waals surface area contributed by atoms with Crippen molar-refractivity contribution in [3.63, 3.8) is 0 Å². The van der Waals surface area contributed by atoms with Crippen molar-refractivity contribution in [2.24, 2.45) is 0 Å². The zero-order valence-corrected chi connectivity index (χ0v) is 21.1. The van der Waals surface area contributed by atoms with E-state index in [0.717, 1.165) is 59.3 Å². The van der Waals surface area contributed by atoms with E-state index in [1.54, 1.807) is 0 Å². The van der Waals surface area contributed by atoms with E-state index in [2.05, 4.69) is 31.6 Å². The van der Waals surface area contributed by atoms with Crippen LogP contribution in [0.15, 0.2) is 54.6 Å². The number of hydrogen-bond donors (Lipinski definition) is 3. The second kappa shape index (κ2) is 9.91. The molecule has 2 aromatic heterocycles. The number of carboxylic acid groups (broad SMARTS) is 1. The molecule has 3 N–H and O–H groups in total. The van der Waals surface area contributed by atoms with Crippen molar-refractivity contribution in [1.82, 2.24) is 15.3 Å². The summed E-state index contributed by atoms with van der Waals surface area (Å²) in [5.41, 5.74) is 4.47. The van der Waals surface area contributed by atoms with Crippen LogP contribution in [-0.4, -0.2) is 46.6 Å². The van der Waals surface area contributed by atoms with E-state index >= 15 is 0 Å². The van der Waals surface area contributed by atoms with Gasteiger partial charge in [-0.25, -0.2) is 14.8 Å². The summed E-state index contributed by atoms with van der Waals surface area (Å²) in [7, 11) is 0. The SMILES string of the molecule is O=C(Nc1nc2ccccc2s1)c1cccc2c1CN(c1ccc(C3CCNCC3)c(C(=O)O)n1)CC2. The predicted octanol–water partition coefficient (Wildman–Crippen LogP) is 4.67. The average Bonchev–Trinajstić information content (AvgIpc) is 3.35. The van der Waals surface area contributed by atoms with Gasteiger partial charge in [-0.05, 0) is 79.2 Å². The topological polar surface area (TPSA) is 107 Å². The summed E-state index contributed by atoms with van der Waals surface area (Å²) in [6.07, 6.45) is 2.56. The second-order valence-electron chi connectivity index (χ2n) is 9.49. The molecule has 0 spiro atoms. The number of carboxylic acids is 1. The molecule has 0 unspecified atom stereocenters. The van der Waals surface area contributed by atoms with Crippen molar-refractivity contribution in [2.45, 2.75) is 31.7 Å². The monoisotopic (exact) mass is 513 g/mol. The number of pyridine rings is 1. The minimum Gasteiger partial charge on any atom is -0.477 e. The molecule has 0 aliphatic carbocycles. The highest BCUT2D eigenvalue weighted by Crippen LogP contribution is 2.32. The second-order valence-corrected chi connectivity index (χ2v) is 10.5. The Morgan fingerprint density at radius 1 is 1.03 bits per heavy atom. The Morgan fingerprint density at radius 3 is 2.68 bits per heavy atom. The highest BCUT2D eigenvalue weighted by molar-refractivity contribution is 7.22. The standard InChI is InChI=1S/C28H27N5O3S/c34-26(32-28-30-22-6-1-2-7-23(22)37-28)20-5-3-4-17-12-15-33(16-21(17)20)24-9-8-19(25(31-24)27(35)36)18-10-13-29-14-11-18/h1-9,18,29H,10-16H2,(H,35,36)(H,30,32,34). The number of nitrogens with zero attached hydrogens (tertiary/aromatic N) is 3. The molecular formula is C28H27N5O3S. The molecule has 0 radical (unpaired) electrons. The van der Waals surface area contributed by atoms with E-state index in [4.69, 9.17) is 0 Å². The molecule has 1 fully saturated rings. The third-order valence-corrected chi connectivity index (χ3v) is 8.20. The van der Waals surface area contributed by atoms with Crippen LogP contribution >= 0.6 is 11.3 Å². The summed E-state index contributed by atoms with van der Waals surface area (Å²) >= 11 is 1.45. The van der Waals surface area contributed by atoms with Crippen LogP contribution in [0, 0.1) is 0 Å². The smallest absolute Gasteiger partial charge is 0.354 e. The third-order valence-electron chi connectivity index (χ3n) is 7.25. The molecule has 6 rings (SSSR count). The van der Waals surface area contributed by atoms with E-state index < -0.39 is 5.97 Å². The maximum Gasteiger partial charge on any atom is 0.354 e. The van der Waals surface area contributed by atoms with Crippen molar-refractivity contribution < 1.29 is 14.7 Å². The first-order valence-electron chi connectivity index (χ1n) is 12.5. The van der Waals surface area contributed by atoms with Crippen LogP contribution in [0.1, 0.15) is 56.3 Å². The van der Waals surface area contributed by atoms with E-state index in [1.807, 2.05) is 48.5 Å². The lowest BCUT2D eigenvalue weighted by molar-refractivity contribution is 0.0688. The Balaban J connectivity index is 1.26. The summed E-state index contributed by atoms with van der Waals surface area (Å²) in [6.45, 7) is 2.96. The molecule has 2 aliphatic heterocycles. The van der Waals surface area contributed by atoms with E-state index in [9.17, 15) is 14.7 Å². The molecule has 1 saturated heterocycles. The van der Waals surface area contributed by atoms with Gasteiger partial charge in [-0.3, -0.25) is 10.1 Å². The van der Waals surface area contributed by atoms with Crippen molar-refractivity contribution >= 4 is 44.4 Å². The lowest BCUT2D eigenvalue weighted by Gasteiger charge is -2.32.